The minimum absolute atomic E-state index is 0.148. The summed E-state index contributed by atoms with van der Waals surface area (Å²) in [4.78, 5) is 13.0. The molecule has 1 atom stereocenters. The Morgan fingerprint density at radius 3 is 3.07 bits per heavy atom. The van der Waals surface area contributed by atoms with Crippen LogP contribution in [0.3, 0.4) is 0 Å². The zero-order chi connectivity index (χ0) is 18.6. The van der Waals surface area contributed by atoms with E-state index in [1.54, 1.807) is 17.1 Å². The molecule has 9 heteroatoms. The summed E-state index contributed by atoms with van der Waals surface area (Å²) in [6, 6.07) is 7.59. The molecular weight excluding hydrogens is 366 g/mol. The van der Waals surface area contributed by atoms with Crippen molar-refractivity contribution in [1.82, 2.24) is 19.4 Å². The van der Waals surface area contributed by atoms with Crippen LogP contribution in [-0.4, -0.2) is 38.0 Å². The third-order valence-electron chi connectivity index (χ3n) is 4.10. The molecule has 1 amide bonds. The first-order valence-electron chi connectivity index (χ1n) is 8.76. The van der Waals surface area contributed by atoms with E-state index >= 15 is 0 Å². The Morgan fingerprint density at radius 2 is 2.22 bits per heavy atom. The lowest BCUT2D eigenvalue weighted by Gasteiger charge is -2.26. The number of carbonyl (C=O) groups is 1. The van der Waals surface area contributed by atoms with Gasteiger partial charge in [-0.2, -0.15) is 5.10 Å². The van der Waals surface area contributed by atoms with Crippen LogP contribution in [0.4, 0.5) is 5.69 Å². The molecule has 0 aliphatic carbocycles. The maximum Gasteiger partial charge on any atom is 0.269 e. The van der Waals surface area contributed by atoms with Crippen LogP contribution in [-0.2, 0) is 13.0 Å². The van der Waals surface area contributed by atoms with Gasteiger partial charge in [-0.3, -0.25) is 9.48 Å². The number of anilines is 1. The van der Waals surface area contributed by atoms with Crippen molar-refractivity contribution >= 4 is 23.1 Å². The van der Waals surface area contributed by atoms with Gasteiger partial charge in [-0.15, -0.1) is 5.10 Å². The van der Waals surface area contributed by atoms with Crippen LogP contribution < -0.4 is 14.8 Å². The molecule has 1 N–H and O–H groups in total. The van der Waals surface area contributed by atoms with Gasteiger partial charge in [0, 0.05) is 6.20 Å². The summed E-state index contributed by atoms with van der Waals surface area (Å²) >= 11 is 1.11. The third-order valence-corrected chi connectivity index (χ3v) is 4.87. The SMILES string of the molecule is CCCc1nnsc1C(=O)Nc1cnn(CC2COc3ccccc3O2)c1. The van der Waals surface area contributed by atoms with E-state index in [1.807, 2.05) is 31.2 Å². The summed E-state index contributed by atoms with van der Waals surface area (Å²) < 4.78 is 17.3. The normalized spacial score (nSPS) is 15.5. The molecule has 2 aromatic heterocycles. The van der Waals surface area contributed by atoms with Gasteiger partial charge in [-0.1, -0.05) is 30.0 Å². The quantitative estimate of drug-likeness (QED) is 0.702. The van der Waals surface area contributed by atoms with Gasteiger partial charge in [0.15, 0.2) is 17.6 Å². The van der Waals surface area contributed by atoms with E-state index in [0.29, 0.717) is 23.7 Å². The van der Waals surface area contributed by atoms with Crippen molar-refractivity contribution in [2.24, 2.45) is 0 Å². The number of para-hydroxylation sites is 2. The summed E-state index contributed by atoms with van der Waals surface area (Å²) in [5.74, 6) is 1.28. The van der Waals surface area contributed by atoms with Gasteiger partial charge in [0.2, 0.25) is 0 Å². The molecule has 0 spiro atoms. The Morgan fingerprint density at radius 1 is 1.37 bits per heavy atom. The first-order valence-corrected chi connectivity index (χ1v) is 9.53. The minimum atomic E-state index is -0.209. The van der Waals surface area contributed by atoms with Crippen LogP contribution in [0.25, 0.3) is 0 Å². The predicted molar refractivity (Wildman–Crippen MR) is 100 cm³/mol. The van der Waals surface area contributed by atoms with Crippen LogP contribution in [0.2, 0.25) is 0 Å². The second-order valence-electron chi connectivity index (χ2n) is 6.20. The number of nitrogens with zero attached hydrogens (tertiary/aromatic N) is 4. The van der Waals surface area contributed by atoms with E-state index in [4.69, 9.17) is 9.47 Å². The second kappa shape index (κ2) is 7.75. The topological polar surface area (TPSA) is 91.2 Å². The van der Waals surface area contributed by atoms with Crippen molar-refractivity contribution in [2.45, 2.75) is 32.4 Å². The highest BCUT2D eigenvalue weighted by molar-refractivity contribution is 7.08. The number of ether oxygens (including phenoxy) is 2. The molecule has 4 rings (SSSR count). The van der Waals surface area contributed by atoms with Gasteiger partial charge in [-0.05, 0) is 30.1 Å². The fraction of sp³-hybridized carbons (Fsp3) is 0.333. The monoisotopic (exact) mass is 385 g/mol. The molecule has 0 fully saturated rings. The second-order valence-corrected chi connectivity index (χ2v) is 6.96. The molecule has 1 aliphatic rings. The molecule has 3 aromatic rings. The molecule has 1 aromatic carbocycles. The molecule has 1 aliphatic heterocycles. The number of hydrogen-bond acceptors (Lipinski definition) is 7. The lowest BCUT2D eigenvalue weighted by molar-refractivity contribution is 0.0759. The summed E-state index contributed by atoms with van der Waals surface area (Å²) in [6.45, 7) is 3.01. The highest BCUT2D eigenvalue weighted by atomic mass is 32.1. The number of aromatic nitrogens is 4. The zero-order valence-corrected chi connectivity index (χ0v) is 15.6. The van der Waals surface area contributed by atoms with Crippen LogP contribution in [0, 0.1) is 0 Å². The number of nitrogens with one attached hydrogen (secondary N) is 1. The average Bonchev–Trinajstić information content (AvgIpc) is 3.31. The van der Waals surface area contributed by atoms with E-state index in [9.17, 15) is 4.79 Å². The number of rotatable bonds is 6. The van der Waals surface area contributed by atoms with E-state index in [0.717, 1.165) is 41.6 Å². The average molecular weight is 385 g/mol. The van der Waals surface area contributed by atoms with Crippen molar-refractivity contribution in [2.75, 3.05) is 11.9 Å². The van der Waals surface area contributed by atoms with Gasteiger partial charge in [0.1, 0.15) is 11.5 Å². The Balaban J connectivity index is 1.38. The van der Waals surface area contributed by atoms with Gasteiger partial charge in [0.25, 0.3) is 5.91 Å². The molecule has 140 valence electrons. The number of amides is 1. The first-order chi connectivity index (χ1) is 13.2. The van der Waals surface area contributed by atoms with Gasteiger partial charge in [-0.25, -0.2) is 0 Å². The number of benzene rings is 1. The van der Waals surface area contributed by atoms with Crippen molar-refractivity contribution in [3.05, 3.63) is 47.2 Å². The zero-order valence-electron chi connectivity index (χ0n) is 14.8. The van der Waals surface area contributed by atoms with E-state index in [-0.39, 0.29) is 12.0 Å². The van der Waals surface area contributed by atoms with Crippen LogP contribution in [0.5, 0.6) is 11.5 Å². The fourth-order valence-corrected chi connectivity index (χ4v) is 3.46. The molecule has 0 bridgehead atoms. The molecule has 3 heterocycles. The maximum atomic E-state index is 12.4. The molecule has 1 unspecified atom stereocenters. The fourth-order valence-electron chi connectivity index (χ4n) is 2.86. The summed E-state index contributed by atoms with van der Waals surface area (Å²) in [5, 5.41) is 11.2. The Kier molecular flexibility index (Phi) is 5.01. The molecule has 27 heavy (non-hydrogen) atoms. The third kappa shape index (κ3) is 3.92. The number of aryl methyl sites for hydroxylation is 1. The van der Waals surface area contributed by atoms with Crippen molar-refractivity contribution in [3.8, 4) is 11.5 Å². The van der Waals surface area contributed by atoms with E-state index < -0.39 is 0 Å². The summed E-state index contributed by atoms with van der Waals surface area (Å²) in [7, 11) is 0. The molecule has 0 saturated carbocycles. The van der Waals surface area contributed by atoms with E-state index in [2.05, 4.69) is 20.0 Å². The van der Waals surface area contributed by atoms with E-state index in [1.165, 1.54) is 0 Å². The van der Waals surface area contributed by atoms with Crippen LogP contribution >= 0.6 is 11.5 Å². The van der Waals surface area contributed by atoms with Gasteiger partial charge >= 0.3 is 0 Å². The Labute approximate surface area is 160 Å². The summed E-state index contributed by atoms with van der Waals surface area (Å²) in [5.41, 5.74) is 1.35. The molecular formula is C18H19N5O3S. The van der Waals surface area contributed by atoms with Crippen LogP contribution in [0.15, 0.2) is 36.7 Å². The number of hydrogen-bond donors (Lipinski definition) is 1. The maximum absolute atomic E-state index is 12.4. The highest BCUT2D eigenvalue weighted by Gasteiger charge is 2.22. The van der Waals surface area contributed by atoms with Crippen molar-refractivity contribution < 1.29 is 14.3 Å². The predicted octanol–water partition coefficient (Wildman–Crippen LogP) is 2.78. The van der Waals surface area contributed by atoms with Crippen molar-refractivity contribution in [3.63, 3.8) is 0 Å². The van der Waals surface area contributed by atoms with Crippen LogP contribution in [0.1, 0.15) is 28.7 Å². The minimum Gasteiger partial charge on any atom is -0.486 e. The lowest BCUT2D eigenvalue weighted by Crippen LogP contribution is -2.33. The molecule has 0 saturated heterocycles. The largest absolute Gasteiger partial charge is 0.486 e. The summed E-state index contributed by atoms with van der Waals surface area (Å²) in [6.07, 6.45) is 4.89. The molecule has 8 nitrogen and oxygen atoms in total. The number of carbonyl (C=O) groups excluding carboxylic acids is 1. The Hall–Kier alpha value is -2.94. The van der Waals surface area contributed by atoms with Gasteiger partial charge < -0.3 is 14.8 Å². The smallest absolute Gasteiger partial charge is 0.269 e. The molecule has 0 radical (unpaired) electrons. The van der Waals surface area contributed by atoms with Gasteiger partial charge in [0.05, 0.1) is 24.1 Å². The highest BCUT2D eigenvalue weighted by Crippen LogP contribution is 2.31. The lowest BCUT2D eigenvalue weighted by atomic mass is 10.2. The van der Waals surface area contributed by atoms with Crippen molar-refractivity contribution in [1.29, 1.82) is 0 Å². The first kappa shape index (κ1) is 17.5. The standard InChI is InChI=1S/C18H19N5O3S/c1-2-5-14-17(27-22-21-14)18(24)20-12-8-19-23(9-12)10-13-11-25-15-6-3-4-7-16(15)26-13/h3-4,6-9,13H,2,5,10-11H2,1H3,(H,20,24). The number of fused-ring (bicyclic) bond motifs is 1. The Bertz CT molecular complexity index is 938.